The van der Waals surface area contributed by atoms with E-state index in [1.54, 1.807) is 6.08 Å². The molecule has 0 bridgehead atoms. The van der Waals surface area contributed by atoms with Crippen molar-refractivity contribution in [1.82, 2.24) is 0 Å². The number of rotatable bonds is 5. The Labute approximate surface area is 91.6 Å². The van der Waals surface area contributed by atoms with Gasteiger partial charge in [0.1, 0.15) is 6.61 Å². The Morgan fingerprint density at radius 2 is 1.93 bits per heavy atom. The lowest BCUT2D eigenvalue weighted by Gasteiger charge is -1.96. The largest absolute Gasteiger partial charge is 0.462 e. The van der Waals surface area contributed by atoms with Crippen molar-refractivity contribution in [3.05, 3.63) is 48.1 Å². The molecule has 0 aromatic heterocycles. The summed E-state index contributed by atoms with van der Waals surface area (Å²) in [6.45, 7) is 9.32. The fourth-order valence-electron chi connectivity index (χ4n) is 0.778. The van der Waals surface area contributed by atoms with E-state index in [4.69, 9.17) is 4.74 Å². The summed E-state index contributed by atoms with van der Waals surface area (Å²) in [6.07, 6.45) is 9.51. The van der Waals surface area contributed by atoms with Crippen molar-refractivity contribution in [2.24, 2.45) is 0 Å². The zero-order valence-corrected chi connectivity index (χ0v) is 9.62. The Bertz CT molecular complexity index is 306. The van der Waals surface area contributed by atoms with Crippen LogP contribution in [0, 0.1) is 0 Å². The maximum atomic E-state index is 10.5. The van der Waals surface area contributed by atoms with E-state index in [0.717, 1.165) is 11.1 Å². The molecule has 0 radical (unpaired) electrons. The Kier molecular flexibility index (Phi) is 6.98. The quantitative estimate of drug-likeness (QED) is 0.510. The van der Waals surface area contributed by atoms with Crippen LogP contribution in [-0.4, -0.2) is 12.6 Å². The lowest BCUT2D eigenvalue weighted by atomic mass is 10.2. The Morgan fingerprint density at radius 1 is 1.27 bits per heavy atom. The van der Waals surface area contributed by atoms with Crippen molar-refractivity contribution in [3.8, 4) is 0 Å². The van der Waals surface area contributed by atoms with E-state index in [0.29, 0.717) is 6.61 Å². The third-order valence-corrected chi connectivity index (χ3v) is 1.73. The van der Waals surface area contributed by atoms with E-state index in [1.165, 1.54) is 6.92 Å². The molecule has 0 aliphatic rings. The van der Waals surface area contributed by atoms with E-state index in [9.17, 15) is 4.79 Å². The molecule has 2 heteroatoms. The van der Waals surface area contributed by atoms with E-state index < -0.39 is 0 Å². The number of hydrogen-bond acceptors (Lipinski definition) is 2. The average molecular weight is 206 g/mol. The molecule has 0 N–H and O–H groups in total. The van der Waals surface area contributed by atoms with Crippen LogP contribution in [0.2, 0.25) is 0 Å². The predicted octanol–water partition coefficient (Wildman–Crippen LogP) is 3.18. The van der Waals surface area contributed by atoms with Crippen molar-refractivity contribution >= 4 is 5.97 Å². The van der Waals surface area contributed by atoms with Gasteiger partial charge in [0.05, 0.1) is 0 Å². The lowest BCUT2D eigenvalue weighted by molar-refractivity contribution is -0.139. The fraction of sp³-hybridized carbons (Fsp3) is 0.308. The summed E-state index contributed by atoms with van der Waals surface area (Å²) in [5.41, 5.74) is 2.17. The second-order valence-electron chi connectivity index (χ2n) is 3.22. The molecule has 0 spiro atoms. The number of carbonyl (C=O) groups excluding carboxylic acids is 1. The minimum Gasteiger partial charge on any atom is -0.462 e. The topological polar surface area (TPSA) is 26.3 Å². The lowest BCUT2D eigenvalue weighted by Crippen LogP contribution is -1.97. The highest BCUT2D eigenvalue weighted by molar-refractivity contribution is 5.66. The highest BCUT2D eigenvalue weighted by Crippen LogP contribution is 1.98. The molecule has 0 heterocycles. The molecule has 0 aliphatic heterocycles. The highest BCUT2D eigenvalue weighted by Gasteiger charge is 1.88. The Balaban J connectivity index is 4.06. The molecule has 0 aliphatic carbocycles. The summed E-state index contributed by atoms with van der Waals surface area (Å²) in [7, 11) is 0. The number of esters is 1. The molecule has 0 rings (SSSR count). The molecule has 2 nitrogen and oxygen atoms in total. The van der Waals surface area contributed by atoms with Crippen molar-refractivity contribution < 1.29 is 9.53 Å². The van der Waals surface area contributed by atoms with Crippen LogP contribution in [-0.2, 0) is 9.53 Å². The first-order chi connectivity index (χ1) is 7.06. The third-order valence-electron chi connectivity index (χ3n) is 1.73. The first-order valence-corrected chi connectivity index (χ1v) is 4.83. The molecule has 0 amide bonds. The van der Waals surface area contributed by atoms with Crippen LogP contribution in [0.4, 0.5) is 0 Å². The minimum atomic E-state index is -0.259. The van der Waals surface area contributed by atoms with Crippen LogP contribution >= 0.6 is 0 Å². The maximum absolute atomic E-state index is 10.5. The molecular formula is C13H18O2. The van der Waals surface area contributed by atoms with E-state index >= 15 is 0 Å². The monoisotopic (exact) mass is 206 g/mol. The molecular weight excluding hydrogens is 188 g/mol. The number of carbonyl (C=O) groups is 1. The van der Waals surface area contributed by atoms with Gasteiger partial charge in [-0.3, -0.25) is 4.79 Å². The smallest absolute Gasteiger partial charge is 0.302 e. The highest BCUT2D eigenvalue weighted by atomic mass is 16.5. The standard InChI is InChI=1S/C13H18O2/c1-5-11(2)7-6-8-12(3)9-10-15-13(4)14/h5-9H,1,10H2,2-4H3/b8-6+,11-7+,12-9+. The van der Waals surface area contributed by atoms with Crippen molar-refractivity contribution in [1.29, 1.82) is 0 Å². The minimum absolute atomic E-state index is 0.259. The molecule has 0 fully saturated rings. The molecule has 82 valence electrons. The van der Waals surface area contributed by atoms with Gasteiger partial charge in [-0.2, -0.15) is 0 Å². The second kappa shape index (κ2) is 7.80. The van der Waals surface area contributed by atoms with Crippen LogP contribution in [0.1, 0.15) is 20.8 Å². The van der Waals surface area contributed by atoms with Crippen LogP contribution in [0.3, 0.4) is 0 Å². The molecule has 0 aromatic carbocycles. The van der Waals surface area contributed by atoms with Crippen LogP contribution in [0.25, 0.3) is 0 Å². The number of hydrogen-bond donors (Lipinski definition) is 0. The molecule has 15 heavy (non-hydrogen) atoms. The maximum Gasteiger partial charge on any atom is 0.302 e. The van der Waals surface area contributed by atoms with Gasteiger partial charge in [-0.15, -0.1) is 0 Å². The van der Waals surface area contributed by atoms with Crippen LogP contribution < -0.4 is 0 Å². The number of ether oxygens (including phenoxy) is 1. The molecule has 0 atom stereocenters. The normalized spacial score (nSPS) is 13.0. The summed E-state index contributed by atoms with van der Waals surface area (Å²) in [5.74, 6) is -0.259. The third kappa shape index (κ3) is 8.75. The van der Waals surface area contributed by atoms with Gasteiger partial charge in [-0.1, -0.05) is 42.0 Å². The van der Waals surface area contributed by atoms with Crippen molar-refractivity contribution in [2.45, 2.75) is 20.8 Å². The fourth-order valence-corrected chi connectivity index (χ4v) is 0.778. The summed E-state index contributed by atoms with van der Waals surface area (Å²) >= 11 is 0. The van der Waals surface area contributed by atoms with Crippen LogP contribution in [0.5, 0.6) is 0 Å². The SMILES string of the molecule is C=C/C(C)=C/C=C/C(C)=C/COC(C)=O. The van der Waals surface area contributed by atoms with Gasteiger partial charge in [0.15, 0.2) is 0 Å². The summed E-state index contributed by atoms with van der Waals surface area (Å²) in [4.78, 5) is 10.5. The summed E-state index contributed by atoms with van der Waals surface area (Å²) in [6, 6.07) is 0. The van der Waals surface area contributed by atoms with Crippen LogP contribution in [0.15, 0.2) is 48.1 Å². The van der Waals surface area contributed by atoms with Gasteiger partial charge >= 0.3 is 5.97 Å². The molecule has 0 aromatic rings. The average Bonchev–Trinajstić information content (AvgIpc) is 2.17. The summed E-state index contributed by atoms with van der Waals surface area (Å²) < 4.78 is 4.78. The molecule has 0 unspecified atom stereocenters. The summed E-state index contributed by atoms with van der Waals surface area (Å²) in [5, 5.41) is 0. The molecule has 0 saturated carbocycles. The van der Waals surface area contributed by atoms with Gasteiger partial charge in [0.2, 0.25) is 0 Å². The Morgan fingerprint density at radius 3 is 2.47 bits per heavy atom. The predicted molar refractivity (Wildman–Crippen MR) is 63.5 cm³/mol. The zero-order valence-electron chi connectivity index (χ0n) is 9.62. The van der Waals surface area contributed by atoms with Gasteiger partial charge in [0, 0.05) is 6.92 Å². The molecule has 0 saturated heterocycles. The van der Waals surface area contributed by atoms with Crippen molar-refractivity contribution in [3.63, 3.8) is 0 Å². The number of allylic oxidation sites excluding steroid dienone is 6. The first kappa shape index (κ1) is 13.4. The van der Waals surface area contributed by atoms with Crippen molar-refractivity contribution in [2.75, 3.05) is 6.61 Å². The van der Waals surface area contributed by atoms with E-state index in [1.807, 2.05) is 38.2 Å². The van der Waals surface area contributed by atoms with Gasteiger partial charge in [0.25, 0.3) is 0 Å². The zero-order chi connectivity index (χ0) is 11.7. The second-order valence-corrected chi connectivity index (χ2v) is 3.22. The Hall–Kier alpha value is -1.57. The first-order valence-electron chi connectivity index (χ1n) is 4.83. The van der Waals surface area contributed by atoms with Gasteiger partial charge in [-0.25, -0.2) is 0 Å². The van der Waals surface area contributed by atoms with Gasteiger partial charge < -0.3 is 4.74 Å². The van der Waals surface area contributed by atoms with E-state index in [-0.39, 0.29) is 5.97 Å². The van der Waals surface area contributed by atoms with Gasteiger partial charge in [-0.05, 0) is 19.9 Å². The van der Waals surface area contributed by atoms with E-state index in [2.05, 4.69) is 6.58 Å².